The molecule has 0 aliphatic carbocycles. The number of rotatable bonds is 6. The predicted octanol–water partition coefficient (Wildman–Crippen LogP) is 1.03. The number of aryl methyl sites for hydroxylation is 2. The Morgan fingerprint density at radius 2 is 2.22 bits per heavy atom. The summed E-state index contributed by atoms with van der Waals surface area (Å²) < 4.78 is 1.51. The average Bonchev–Trinajstić information content (AvgIpc) is 2.62. The summed E-state index contributed by atoms with van der Waals surface area (Å²) >= 11 is 0. The topological polar surface area (TPSA) is 101 Å². The van der Waals surface area contributed by atoms with Crippen molar-refractivity contribution in [3.05, 3.63) is 15.8 Å². The highest BCUT2D eigenvalue weighted by atomic mass is 16.6. The van der Waals surface area contributed by atoms with Crippen LogP contribution in [0.3, 0.4) is 0 Å². The van der Waals surface area contributed by atoms with Crippen LogP contribution in [0.1, 0.15) is 19.0 Å². The number of carbonyl (C=O) groups is 1. The van der Waals surface area contributed by atoms with Crippen molar-refractivity contribution in [2.24, 2.45) is 0 Å². The number of carboxylic acids is 1. The Morgan fingerprint density at radius 3 is 2.67 bits per heavy atom. The third-order valence-corrected chi connectivity index (χ3v) is 2.57. The molecule has 0 bridgehead atoms. The van der Waals surface area contributed by atoms with Gasteiger partial charge in [0.25, 0.3) is 0 Å². The summed E-state index contributed by atoms with van der Waals surface area (Å²) in [6.45, 7) is 4.08. The van der Waals surface area contributed by atoms with Crippen LogP contribution in [-0.2, 0) is 11.3 Å². The molecule has 100 valence electrons. The summed E-state index contributed by atoms with van der Waals surface area (Å²) in [4.78, 5) is 22.6. The Balaban J connectivity index is 3.11. The van der Waals surface area contributed by atoms with Gasteiger partial charge in [-0.15, -0.1) is 0 Å². The first-order chi connectivity index (χ1) is 8.38. The molecule has 1 aromatic heterocycles. The van der Waals surface area contributed by atoms with Crippen molar-refractivity contribution in [2.45, 2.75) is 26.8 Å². The molecule has 18 heavy (non-hydrogen) atoms. The summed E-state index contributed by atoms with van der Waals surface area (Å²) in [5.74, 6) is -0.593. The van der Waals surface area contributed by atoms with E-state index in [0.29, 0.717) is 18.1 Å². The van der Waals surface area contributed by atoms with E-state index in [2.05, 4.69) is 5.10 Å². The zero-order valence-electron chi connectivity index (χ0n) is 10.6. The lowest BCUT2D eigenvalue weighted by molar-refractivity contribution is -0.384. The third kappa shape index (κ3) is 2.76. The first-order valence-corrected chi connectivity index (χ1v) is 5.53. The summed E-state index contributed by atoms with van der Waals surface area (Å²) in [5, 5.41) is 23.7. The minimum atomic E-state index is -0.941. The maximum atomic E-state index is 11.0. The van der Waals surface area contributed by atoms with Crippen molar-refractivity contribution in [1.82, 2.24) is 9.78 Å². The summed E-state index contributed by atoms with van der Waals surface area (Å²) in [7, 11) is 1.62. The molecule has 1 rings (SSSR count). The molecule has 0 saturated carbocycles. The first kappa shape index (κ1) is 13.9. The van der Waals surface area contributed by atoms with Gasteiger partial charge in [-0.05, 0) is 13.8 Å². The van der Waals surface area contributed by atoms with Gasteiger partial charge in [0.05, 0.1) is 11.3 Å². The number of hydrogen-bond donors (Lipinski definition) is 1. The fourth-order valence-corrected chi connectivity index (χ4v) is 1.74. The standard InChI is InChI=1S/C10H16N4O4/c1-4-13-10(12(3)6-5-8(15)16)9(14(17)18)7(2)11-13/h4-6H2,1-3H3,(H,15,16). The van der Waals surface area contributed by atoms with Crippen LogP contribution in [-0.4, -0.2) is 39.4 Å². The maximum absolute atomic E-state index is 11.0. The molecule has 1 aromatic rings. The van der Waals surface area contributed by atoms with Crippen LogP contribution in [0, 0.1) is 17.0 Å². The number of anilines is 1. The molecule has 1 N–H and O–H groups in total. The van der Waals surface area contributed by atoms with Crippen molar-refractivity contribution in [3.8, 4) is 0 Å². The van der Waals surface area contributed by atoms with E-state index in [1.54, 1.807) is 18.9 Å². The lowest BCUT2D eigenvalue weighted by atomic mass is 10.3. The highest BCUT2D eigenvalue weighted by Gasteiger charge is 2.27. The Hall–Kier alpha value is -2.12. The van der Waals surface area contributed by atoms with Crippen molar-refractivity contribution in [3.63, 3.8) is 0 Å². The van der Waals surface area contributed by atoms with E-state index in [4.69, 9.17) is 5.11 Å². The lowest BCUT2D eigenvalue weighted by Gasteiger charge is -2.17. The number of aliphatic carboxylic acids is 1. The molecule has 0 fully saturated rings. The minimum Gasteiger partial charge on any atom is -0.481 e. The molecular formula is C10H16N4O4. The molecular weight excluding hydrogens is 240 g/mol. The zero-order valence-corrected chi connectivity index (χ0v) is 10.6. The number of nitrogens with zero attached hydrogens (tertiary/aromatic N) is 4. The van der Waals surface area contributed by atoms with Gasteiger partial charge in [-0.3, -0.25) is 14.9 Å². The van der Waals surface area contributed by atoms with Crippen LogP contribution in [0.5, 0.6) is 0 Å². The Morgan fingerprint density at radius 1 is 1.61 bits per heavy atom. The van der Waals surface area contributed by atoms with Gasteiger partial charge in [-0.2, -0.15) is 5.10 Å². The zero-order chi connectivity index (χ0) is 13.9. The molecule has 0 aliphatic rings. The Bertz CT molecular complexity index is 469. The summed E-state index contributed by atoms with van der Waals surface area (Å²) in [5.41, 5.74) is 0.267. The number of aromatic nitrogens is 2. The van der Waals surface area contributed by atoms with Crippen molar-refractivity contribution in [1.29, 1.82) is 0 Å². The van der Waals surface area contributed by atoms with Crippen LogP contribution in [0.25, 0.3) is 0 Å². The maximum Gasteiger partial charge on any atom is 0.333 e. The quantitative estimate of drug-likeness (QED) is 0.602. The van der Waals surface area contributed by atoms with Gasteiger partial charge in [-0.25, -0.2) is 4.68 Å². The molecule has 0 spiro atoms. The second-order valence-corrected chi connectivity index (χ2v) is 3.90. The van der Waals surface area contributed by atoms with Gasteiger partial charge < -0.3 is 10.0 Å². The van der Waals surface area contributed by atoms with Gasteiger partial charge >= 0.3 is 11.7 Å². The van der Waals surface area contributed by atoms with E-state index >= 15 is 0 Å². The molecule has 0 aliphatic heterocycles. The van der Waals surface area contributed by atoms with E-state index in [1.807, 2.05) is 6.92 Å². The SMILES string of the molecule is CCn1nc(C)c([N+](=O)[O-])c1N(C)CCC(=O)O. The van der Waals surface area contributed by atoms with E-state index in [1.165, 1.54) is 4.68 Å². The van der Waals surface area contributed by atoms with Crippen LogP contribution in [0.15, 0.2) is 0 Å². The largest absolute Gasteiger partial charge is 0.481 e. The molecule has 1 heterocycles. The van der Waals surface area contributed by atoms with E-state index in [0.717, 1.165) is 0 Å². The van der Waals surface area contributed by atoms with Crippen LogP contribution in [0.4, 0.5) is 11.5 Å². The molecule has 0 radical (unpaired) electrons. The number of hydrogen-bond acceptors (Lipinski definition) is 5. The predicted molar refractivity (Wildman–Crippen MR) is 64.8 cm³/mol. The summed E-state index contributed by atoms with van der Waals surface area (Å²) in [6, 6.07) is 0. The van der Waals surface area contributed by atoms with E-state index in [-0.39, 0.29) is 18.7 Å². The number of nitro groups is 1. The Kier molecular flexibility index (Phi) is 4.24. The Labute approximate surface area is 104 Å². The van der Waals surface area contributed by atoms with Gasteiger partial charge in [0, 0.05) is 20.1 Å². The monoisotopic (exact) mass is 256 g/mol. The molecule has 0 unspecified atom stereocenters. The molecule has 0 amide bonds. The second kappa shape index (κ2) is 5.48. The lowest BCUT2D eigenvalue weighted by Crippen LogP contribution is -2.24. The van der Waals surface area contributed by atoms with E-state index < -0.39 is 10.9 Å². The van der Waals surface area contributed by atoms with Gasteiger partial charge in [0.2, 0.25) is 5.82 Å². The molecule has 8 heteroatoms. The van der Waals surface area contributed by atoms with E-state index in [9.17, 15) is 14.9 Å². The molecule has 8 nitrogen and oxygen atoms in total. The van der Waals surface area contributed by atoms with Crippen molar-refractivity contribution in [2.75, 3.05) is 18.5 Å². The normalized spacial score (nSPS) is 10.4. The van der Waals surface area contributed by atoms with Gasteiger partial charge in [-0.1, -0.05) is 0 Å². The van der Waals surface area contributed by atoms with Crippen molar-refractivity contribution < 1.29 is 14.8 Å². The van der Waals surface area contributed by atoms with Crippen molar-refractivity contribution >= 4 is 17.5 Å². The number of carboxylic acid groups (broad SMARTS) is 1. The second-order valence-electron chi connectivity index (χ2n) is 3.90. The smallest absolute Gasteiger partial charge is 0.333 e. The fraction of sp³-hybridized carbons (Fsp3) is 0.600. The third-order valence-electron chi connectivity index (χ3n) is 2.57. The molecule has 0 atom stereocenters. The molecule has 0 saturated heterocycles. The highest BCUT2D eigenvalue weighted by Crippen LogP contribution is 2.30. The van der Waals surface area contributed by atoms with Gasteiger partial charge in [0.1, 0.15) is 5.69 Å². The first-order valence-electron chi connectivity index (χ1n) is 5.53. The van der Waals surface area contributed by atoms with Crippen LogP contribution < -0.4 is 4.90 Å². The highest BCUT2D eigenvalue weighted by molar-refractivity contribution is 5.68. The minimum absolute atomic E-state index is 0.0651. The van der Waals surface area contributed by atoms with Crippen LogP contribution >= 0.6 is 0 Å². The average molecular weight is 256 g/mol. The van der Waals surface area contributed by atoms with Gasteiger partial charge in [0.15, 0.2) is 0 Å². The van der Waals surface area contributed by atoms with Crippen LogP contribution in [0.2, 0.25) is 0 Å². The fourth-order valence-electron chi connectivity index (χ4n) is 1.74. The summed E-state index contributed by atoms with van der Waals surface area (Å²) in [6.07, 6.45) is -0.0817. The molecule has 0 aromatic carbocycles.